The van der Waals surface area contributed by atoms with Crippen LogP contribution in [-0.2, 0) is 16.1 Å². The molecule has 2 rings (SSSR count). The summed E-state index contributed by atoms with van der Waals surface area (Å²) in [4.78, 5) is 19.2. The monoisotopic (exact) mass is 301 g/mol. The van der Waals surface area contributed by atoms with Crippen molar-refractivity contribution in [1.82, 2.24) is 15.3 Å². The normalized spacial score (nSPS) is 12.1. The summed E-state index contributed by atoms with van der Waals surface area (Å²) in [6.07, 6.45) is 2.93. The summed E-state index contributed by atoms with van der Waals surface area (Å²) in [5, 5.41) is 2.93. The third-order valence-electron chi connectivity index (χ3n) is 3.31. The summed E-state index contributed by atoms with van der Waals surface area (Å²) in [5.74, 6) is 0.802. The van der Waals surface area contributed by atoms with Crippen molar-refractivity contribution in [3.05, 3.63) is 53.6 Å². The van der Waals surface area contributed by atoms with E-state index in [1.807, 2.05) is 44.2 Å². The molecule has 0 saturated carbocycles. The van der Waals surface area contributed by atoms with E-state index in [1.54, 1.807) is 6.20 Å². The van der Waals surface area contributed by atoms with Crippen molar-refractivity contribution in [2.45, 2.75) is 39.3 Å². The predicted molar refractivity (Wildman–Crippen MR) is 85.2 cm³/mol. The maximum absolute atomic E-state index is 11.9. The zero-order valence-corrected chi connectivity index (χ0v) is 13.1. The molecule has 0 unspecified atom stereocenters. The Morgan fingerprint density at radius 3 is 2.82 bits per heavy atom. The zero-order valence-electron chi connectivity index (χ0n) is 13.1. The molecule has 2 N–H and O–H groups in total. The second kappa shape index (κ2) is 8.34. The minimum Gasteiger partial charge on any atom is -0.377 e. The Balaban J connectivity index is 1.59. The van der Waals surface area contributed by atoms with E-state index in [2.05, 4.69) is 15.3 Å². The standard InChI is InChI=1S/C17H23N3O2/c1-13-11-18-17(19-13)14(2)20-16(21)9-6-10-22-12-15-7-4-3-5-8-15/h3-5,7-8,11,14H,6,9-10,12H2,1-2H3,(H,18,19)(H,20,21)/t14-/m1/s1. The second-order valence-corrected chi connectivity index (χ2v) is 5.38. The van der Waals surface area contributed by atoms with E-state index in [0.29, 0.717) is 26.1 Å². The van der Waals surface area contributed by atoms with E-state index < -0.39 is 0 Å². The number of nitrogens with zero attached hydrogens (tertiary/aromatic N) is 1. The van der Waals surface area contributed by atoms with Crippen molar-refractivity contribution in [3.8, 4) is 0 Å². The van der Waals surface area contributed by atoms with Gasteiger partial charge < -0.3 is 15.0 Å². The van der Waals surface area contributed by atoms with Gasteiger partial charge in [0.15, 0.2) is 0 Å². The number of amides is 1. The Labute approximate surface area is 131 Å². The van der Waals surface area contributed by atoms with E-state index in [9.17, 15) is 4.79 Å². The van der Waals surface area contributed by atoms with Crippen molar-refractivity contribution < 1.29 is 9.53 Å². The molecule has 1 amide bonds. The summed E-state index contributed by atoms with van der Waals surface area (Å²) in [6, 6.07) is 9.91. The molecule has 0 aliphatic carbocycles. The number of nitrogens with one attached hydrogen (secondary N) is 2. The molecule has 0 aliphatic rings. The second-order valence-electron chi connectivity index (χ2n) is 5.38. The Kier molecular flexibility index (Phi) is 6.15. The van der Waals surface area contributed by atoms with Gasteiger partial charge in [0, 0.05) is 24.9 Å². The predicted octanol–water partition coefficient (Wildman–Crippen LogP) is 2.89. The van der Waals surface area contributed by atoms with Crippen LogP contribution in [0.25, 0.3) is 0 Å². The Bertz CT molecular complexity index is 581. The van der Waals surface area contributed by atoms with E-state index >= 15 is 0 Å². The molecule has 22 heavy (non-hydrogen) atoms. The lowest BCUT2D eigenvalue weighted by atomic mass is 10.2. The van der Waals surface area contributed by atoms with Gasteiger partial charge in [-0.25, -0.2) is 4.98 Å². The lowest BCUT2D eigenvalue weighted by Gasteiger charge is -2.11. The zero-order chi connectivity index (χ0) is 15.8. The lowest BCUT2D eigenvalue weighted by molar-refractivity contribution is -0.122. The molecular weight excluding hydrogens is 278 g/mol. The van der Waals surface area contributed by atoms with Crippen molar-refractivity contribution in [2.24, 2.45) is 0 Å². The molecule has 0 fully saturated rings. The molecule has 5 nitrogen and oxygen atoms in total. The largest absolute Gasteiger partial charge is 0.377 e. The number of aromatic amines is 1. The number of imidazole rings is 1. The molecule has 1 atom stereocenters. The number of hydrogen-bond acceptors (Lipinski definition) is 3. The van der Waals surface area contributed by atoms with Crippen molar-refractivity contribution >= 4 is 5.91 Å². The van der Waals surface area contributed by atoms with Gasteiger partial charge in [0.05, 0.1) is 12.6 Å². The van der Waals surface area contributed by atoms with Crippen LogP contribution in [0.5, 0.6) is 0 Å². The first kappa shape index (κ1) is 16.2. The number of aryl methyl sites for hydroxylation is 1. The van der Waals surface area contributed by atoms with Gasteiger partial charge in [-0.2, -0.15) is 0 Å². The number of aromatic nitrogens is 2. The van der Waals surface area contributed by atoms with Crippen molar-refractivity contribution in [1.29, 1.82) is 0 Å². The number of ether oxygens (including phenoxy) is 1. The summed E-state index contributed by atoms with van der Waals surface area (Å²) >= 11 is 0. The van der Waals surface area contributed by atoms with Gasteiger partial charge in [-0.3, -0.25) is 4.79 Å². The highest BCUT2D eigenvalue weighted by Gasteiger charge is 2.11. The number of benzene rings is 1. The van der Waals surface area contributed by atoms with Gasteiger partial charge in [0.25, 0.3) is 0 Å². The minimum absolute atomic E-state index is 0.0184. The van der Waals surface area contributed by atoms with Crippen LogP contribution in [0.3, 0.4) is 0 Å². The number of rotatable bonds is 8. The molecule has 5 heteroatoms. The van der Waals surface area contributed by atoms with Crippen LogP contribution in [0, 0.1) is 6.92 Å². The first-order valence-electron chi connectivity index (χ1n) is 7.57. The number of H-pyrrole nitrogens is 1. The molecule has 1 aromatic heterocycles. The van der Waals surface area contributed by atoms with Crippen LogP contribution >= 0.6 is 0 Å². The molecule has 0 saturated heterocycles. The average molecular weight is 301 g/mol. The molecule has 0 radical (unpaired) electrons. The minimum atomic E-state index is -0.105. The Hall–Kier alpha value is -2.14. The summed E-state index contributed by atoms with van der Waals surface area (Å²) in [6.45, 7) is 5.03. The first-order valence-corrected chi connectivity index (χ1v) is 7.57. The number of carbonyl (C=O) groups is 1. The molecule has 1 aromatic carbocycles. The highest BCUT2D eigenvalue weighted by atomic mass is 16.5. The number of hydrogen-bond donors (Lipinski definition) is 2. The SMILES string of the molecule is Cc1cnc([C@@H](C)NC(=O)CCCOCc2ccccc2)[nH]1. The highest BCUT2D eigenvalue weighted by Crippen LogP contribution is 2.08. The van der Waals surface area contributed by atoms with Gasteiger partial charge >= 0.3 is 0 Å². The van der Waals surface area contributed by atoms with Gasteiger partial charge in [0.1, 0.15) is 5.82 Å². The quantitative estimate of drug-likeness (QED) is 0.737. The van der Waals surface area contributed by atoms with Gasteiger partial charge in [-0.15, -0.1) is 0 Å². The van der Waals surface area contributed by atoms with Crippen LogP contribution in [0.4, 0.5) is 0 Å². The van der Waals surface area contributed by atoms with Crippen molar-refractivity contribution in [2.75, 3.05) is 6.61 Å². The molecule has 0 aliphatic heterocycles. The molecular formula is C17H23N3O2. The fraction of sp³-hybridized carbons (Fsp3) is 0.412. The van der Waals surface area contributed by atoms with Crippen LogP contribution in [-0.4, -0.2) is 22.5 Å². The van der Waals surface area contributed by atoms with Gasteiger partial charge in [-0.1, -0.05) is 30.3 Å². The Morgan fingerprint density at radius 2 is 2.14 bits per heavy atom. The topological polar surface area (TPSA) is 67.0 Å². The van der Waals surface area contributed by atoms with Crippen LogP contribution in [0.15, 0.2) is 36.5 Å². The van der Waals surface area contributed by atoms with E-state index in [1.165, 1.54) is 0 Å². The highest BCUT2D eigenvalue weighted by molar-refractivity contribution is 5.76. The van der Waals surface area contributed by atoms with E-state index in [-0.39, 0.29) is 11.9 Å². The van der Waals surface area contributed by atoms with Gasteiger partial charge in [0.2, 0.25) is 5.91 Å². The van der Waals surface area contributed by atoms with Crippen LogP contribution in [0.2, 0.25) is 0 Å². The maximum atomic E-state index is 11.9. The maximum Gasteiger partial charge on any atom is 0.220 e. The summed E-state index contributed by atoms with van der Waals surface area (Å²) < 4.78 is 5.56. The van der Waals surface area contributed by atoms with E-state index in [4.69, 9.17) is 4.74 Å². The van der Waals surface area contributed by atoms with Crippen molar-refractivity contribution in [3.63, 3.8) is 0 Å². The molecule has 2 aromatic rings. The third-order valence-corrected chi connectivity index (χ3v) is 3.31. The summed E-state index contributed by atoms with van der Waals surface area (Å²) in [7, 11) is 0. The lowest BCUT2D eigenvalue weighted by Crippen LogP contribution is -2.27. The van der Waals surface area contributed by atoms with Crippen LogP contribution in [0.1, 0.15) is 42.9 Å². The van der Waals surface area contributed by atoms with Crippen LogP contribution < -0.4 is 5.32 Å². The molecule has 0 spiro atoms. The van der Waals surface area contributed by atoms with Gasteiger partial charge in [-0.05, 0) is 25.8 Å². The fourth-order valence-corrected chi connectivity index (χ4v) is 2.13. The third kappa shape index (κ3) is 5.33. The fourth-order valence-electron chi connectivity index (χ4n) is 2.13. The molecule has 0 bridgehead atoms. The summed E-state index contributed by atoms with van der Waals surface area (Å²) in [5.41, 5.74) is 2.14. The number of carbonyl (C=O) groups excluding carboxylic acids is 1. The average Bonchev–Trinajstić information content (AvgIpc) is 2.94. The molecule has 1 heterocycles. The van der Waals surface area contributed by atoms with E-state index in [0.717, 1.165) is 17.1 Å². The molecule has 118 valence electrons. The first-order chi connectivity index (χ1) is 10.6. The Morgan fingerprint density at radius 1 is 1.36 bits per heavy atom. The smallest absolute Gasteiger partial charge is 0.220 e.